The van der Waals surface area contributed by atoms with Crippen molar-refractivity contribution in [1.82, 2.24) is 0 Å². The van der Waals surface area contributed by atoms with Gasteiger partial charge in [-0.15, -0.1) is 0 Å². The molecule has 1 aliphatic carbocycles. The Bertz CT molecular complexity index is 373. The van der Waals surface area contributed by atoms with Gasteiger partial charge in [-0.1, -0.05) is 43.5 Å². The summed E-state index contributed by atoms with van der Waals surface area (Å²) in [5.41, 5.74) is 4.04. The first kappa shape index (κ1) is 11.4. The van der Waals surface area contributed by atoms with Crippen molar-refractivity contribution in [3.05, 3.63) is 35.4 Å². The van der Waals surface area contributed by atoms with Gasteiger partial charge in [-0.25, -0.2) is 0 Å². The van der Waals surface area contributed by atoms with E-state index in [-0.39, 0.29) is 0 Å². The largest absolute Gasteiger partial charge is 0.292 e. The van der Waals surface area contributed by atoms with Gasteiger partial charge in [-0.05, 0) is 30.9 Å². The summed E-state index contributed by atoms with van der Waals surface area (Å²) in [6, 6.07) is 8.62. The maximum atomic E-state index is 4.56. The minimum absolute atomic E-state index is 0.694. The van der Waals surface area contributed by atoms with Crippen molar-refractivity contribution in [3.63, 3.8) is 0 Å². The highest BCUT2D eigenvalue weighted by atomic mass is 14.7. The van der Waals surface area contributed by atoms with Crippen LogP contribution < -0.4 is 0 Å². The van der Waals surface area contributed by atoms with Gasteiger partial charge in [0.05, 0.1) is 0 Å². The maximum absolute atomic E-state index is 4.56. The molecule has 1 fully saturated rings. The Morgan fingerprint density at radius 3 is 2.44 bits per heavy atom. The van der Waals surface area contributed by atoms with Crippen molar-refractivity contribution < 1.29 is 0 Å². The van der Waals surface area contributed by atoms with E-state index >= 15 is 0 Å². The highest BCUT2D eigenvalue weighted by Crippen LogP contribution is 2.28. The molecule has 1 nitrogen and oxygen atoms in total. The molecule has 1 aromatic rings. The third-order valence-electron chi connectivity index (χ3n) is 3.65. The first-order valence-electron chi connectivity index (χ1n) is 6.35. The molecular weight excluding hydrogens is 194 g/mol. The van der Waals surface area contributed by atoms with Crippen LogP contribution in [0.2, 0.25) is 0 Å². The Morgan fingerprint density at radius 2 is 1.81 bits per heavy atom. The summed E-state index contributed by atoms with van der Waals surface area (Å²) in [4.78, 5) is 4.56. The van der Waals surface area contributed by atoms with E-state index in [2.05, 4.69) is 36.2 Å². The van der Waals surface area contributed by atoms with E-state index < -0.39 is 0 Å². The number of hydrogen-bond donors (Lipinski definition) is 0. The molecule has 1 aliphatic rings. The lowest BCUT2D eigenvalue weighted by Crippen LogP contribution is -2.19. The van der Waals surface area contributed by atoms with Crippen LogP contribution in [0, 0.1) is 12.8 Å². The molecule has 0 unspecified atom stereocenters. The number of aliphatic imine (C=N–C) groups is 1. The van der Waals surface area contributed by atoms with Gasteiger partial charge in [0.15, 0.2) is 0 Å². The summed E-state index contributed by atoms with van der Waals surface area (Å²) in [5.74, 6) is 0.694. The standard InChI is InChI=1S/C15H21N/c1-12-8-6-7-11-14(12)15(16-2)13-9-4-3-5-10-13/h6-8,11,13H,3-5,9-10H2,1-2H3. The quantitative estimate of drug-likeness (QED) is 0.661. The lowest BCUT2D eigenvalue weighted by Gasteiger charge is -2.24. The summed E-state index contributed by atoms with van der Waals surface area (Å²) in [7, 11) is 1.94. The van der Waals surface area contributed by atoms with Gasteiger partial charge < -0.3 is 0 Å². The van der Waals surface area contributed by atoms with E-state index in [0.29, 0.717) is 5.92 Å². The smallest absolute Gasteiger partial charge is 0.0450 e. The second kappa shape index (κ2) is 5.29. The lowest BCUT2D eigenvalue weighted by atomic mass is 9.82. The molecule has 0 aromatic heterocycles. The van der Waals surface area contributed by atoms with E-state index in [9.17, 15) is 0 Å². The molecule has 2 rings (SSSR count). The minimum Gasteiger partial charge on any atom is -0.292 e. The van der Waals surface area contributed by atoms with Crippen LogP contribution in [0.1, 0.15) is 43.2 Å². The summed E-state index contributed by atoms with van der Waals surface area (Å²) in [6.07, 6.45) is 6.79. The molecule has 0 amide bonds. The zero-order valence-corrected chi connectivity index (χ0v) is 10.4. The van der Waals surface area contributed by atoms with Crippen molar-refractivity contribution in [2.75, 3.05) is 7.05 Å². The van der Waals surface area contributed by atoms with Crippen molar-refractivity contribution in [1.29, 1.82) is 0 Å². The Hall–Kier alpha value is -1.11. The topological polar surface area (TPSA) is 12.4 Å². The van der Waals surface area contributed by atoms with Gasteiger partial charge in [0, 0.05) is 18.7 Å². The number of rotatable bonds is 2. The minimum atomic E-state index is 0.694. The third-order valence-corrected chi connectivity index (χ3v) is 3.65. The average molecular weight is 215 g/mol. The highest BCUT2D eigenvalue weighted by Gasteiger charge is 2.20. The molecule has 1 heteroatoms. The third kappa shape index (κ3) is 2.34. The fourth-order valence-corrected chi connectivity index (χ4v) is 2.76. The van der Waals surface area contributed by atoms with Crippen molar-refractivity contribution in [2.24, 2.45) is 10.9 Å². The summed E-state index contributed by atoms with van der Waals surface area (Å²) >= 11 is 0. The van der Waals surface area contributed by atoms with Gasteiger partial charge in [0.2, 0.25) is 0 Å². The molecular formula is C15H21N. The van der Waals surface area contributed by atoms with E-state index in [1.165, 1.54) is 48.9 Å². The molecule has 0 aliphatic heterocycles. The molecule has 0 radical (unpaired) electrons. The number of hydrogen-bond acceptors (Lipinski definition) is 1. The predicted octanol–water partition coefficient (Wildman–Crippen LogP) is 3.99. The zero-order chi connectivity index (χ0) is 11.4. The summed E-state index contributed by atoms with van der Waals surface area (Å²) in [5, 5.41) is 0. The van der Waals surface area contributed by atoms with Crippen molar-refractivity contribution >= 4 is 5.71 Å². The van der Waals surface area contributed by atoms with Gasteiger partial charge in [-0.3, -0.25) is 4.99 Å². The number of aryl methyl sites for hydroxylation is 1. The molecule has 0 bridgehead atoms. The Morgan fingerprint density at radius 1 is 1.12 bits per heavy atom. The van der Waals surface area contributed by atoms with Gasteiger partial charge in [0.25, 0.3) is 0 Å². The highest BCUT2D eigenvalue weighted by molar-refractivity contribution is 6.03. The fraction of sp³-hybridized carbons (Fsp3) is 0.533. The van der Waals surface area contributed by atoms with Crippen LogP contribution >= 0.6 is 0 Å². The molecule has 0 heterocycles. The molecule has 86 valence electrons. The molecule has 0 atom stereocenters. The van der Waals surface area contributed by atoms with Gasteiger partial charge in [-0.2, -0.15) is 0 Å². The maximum Gasteiger partial charge on any atom is 0.0450 e. The molecule has 1 aromatic carbocycles. The van der Waals surface area contributed by atoms with E-state index in [4.69, 9.17) is 0 Å². The average Bonchev–Trinajstić information content (AvgIpc) is 2.34. The van der Waals surface area contributed by atoms with Crippen LogP contribution in [0.3, 0.4) is 0 Å². The molecule has 0 N–H and O–H groups in total. The molecule has 0 saturated heterocycles. The molecule has 0 spiro atoms. The number of nitrogens with zero attached hydrogens (tertiary/aromatic N) is 1. The molecule has 16 heavy (non-hydrogen) atoms. The second-order valence-electron chi connectivity index (χ2n) is 4.76. The summed E-state index contributed by atoms with van der Waals surface area (Å²) < 4.78 is 0. The zero-order valence-electron chi connectivity index (χ0n) is 10.4. The lowest BCUT2D eigenvalue weighted by molar-refractivity contribution is 0.439. The Labute approximate surface area is 98.6 Å². The summed E-state index contributed by atoms with van der Waals surface area (Å²) in [6.45, 7) is 2.18. The fourth-order valence-electron chi connectivity index (χ4n) is 2.76. The molecule has 1 saturated carbocycles. The van der Waals surface area contributed by atoms with Gasteiger partial charge >= 0.3 is 0 Å². The second-order valence-corrected chi connectivity index (χ2v) is 4.76. The van der Waals surface area contributed by atoms with Crippen molar-refractivity contribution in [3.8, 4) is 0 Å². The number of benzene rings is 1. The van der Waals surface area contributed by atoms with Crippen LogP contribution in [0.15, 0.2) is 29.3 Å². The van der Waals surface area contributed by atoms with Crippen LogP contribution in [0.4, 0.5) is 0 Å². The SMILES string of the molecule is CN=C(c1ccccc1C)C1CCCCC1. The Balaban J connectivity index is 2.26. The van der Waals surface area contributed by atoms with E-state index in [0.717, 1.165) is 0 Å². The van der Waals surface area contributed by atoms with Crippen LogP contribution in [-0.4, -0.2) is 12.8 Å². The van der Waals surface area contributed by atoms with Gasteiger partial charge in [0.1, 0.15) is 0 Å². The van der Waals surface area contributed by atoms with Crippen LogP contribution in [0.5, 0.6) is 0 Å². The van der Waals surface area contributed by atoms with Crippen molar-refractivity contribution in [2.45, 2.75) is 39.0 Å². The van der Waals surface area contributed by atoms with Crippen LogP contribution in [0.25, 0.3) is 0 Å². The first-order valence-corrected chi connectivity index (χ1v) is 6.35. The van der Waals surface area contributed by atoms with E-state index in [1.807, 2.05) is 7.05 Å². The monoisotopic (exact) mass is 215 g/mol. The Kier molecular flexibility index (Phi) is 3.76. The van der Waals surface area contributed by atoms with E-state index in [1.54, 1.807) is 0 Å². The normalized spacial score (nSPS) is 18.8. The van der Waals surface area contributed by atoms with Crippen LogP contribution in [-0.2, 0) is 0 Å². The predicted molar refractivity (Wildman–Crippen MR) is 70.2 cm³/mol. The first-order chi connectivity index (χ1) is 7.83.